The zero-order chi connectivity index (χ0) is 10.9. The topological polar surface area (TPSA) is 40.1 Å². The summed E-state index contributed by atoms with van der Waals surface area (Å²) in [7, 11) is 6.54. The van der Waals surface area contributed by atoms with Crippen LogP contribution in [0.2, 0.25) is 0 Å². The number of carboxylic acids is 1. The predicted molar refractivity (Wildman–Crippen MR) is 53.1 cm³/mol. The van der Waals surface area contributed by atoms with Gasteiger partial charge in [-0.2, -0.15) is 0 Å². The number of carbonyl (C=O) groups excluding carboxylic acids is 1. The van der Waals surface area contributed by atoms with E-state index < -0.39 is 5.97 Å². The van der Waals surface area contributed by atoms with Crippen molar-refractivity contribution in [2.45, 2.75) is 33.1 Å². The highest BCUT2D eigenvalue weighted by molar-refractivity contribution is 5.63. The number of carbonyl (C=O) groups is 1. The molecule has 0 rings (SSSR count). The number of hydrogen-bond donors (Lipinski definition) is 0. The van der Waals surface area contributed by atoms with Crippen LogP contribution in [0, 0.1) is 0 Å². The fraction of sp³-hybridized carbons (Fsp3) is 0.900. The Morgan fingerprint density at radius 3 is 1.69 bits per heavy atom. The molecular formula is C10H23NO2. The van der Waals surface area contributed by atoms with Crippen LogP contribution >= 0.6 is 0 Å². The van der Waals surface area contributed by atoms with E-state index in [4.69, 9.17) is 0 Å². The Kier molecular flexibility index (Phi) is 9.24. The van der Waals surface area contributed by atoms with E-state index in [1.807, 2.05) is 6.92 Å². The van der Waals surface area contributed by atoms with Crippen LogP contribution in [0.25, 0.3) is 0 Å². The lowest BCUT2D eigenvalue weighted by Crippen LogP contribution is -2.33. The van der Waals surface area contributed by atoms with Crippen molar-refractivity contribution in [3.8, 4) is 0 Å². The number of quaternary nitrogens is 1. The molecule has 3 heteroatoms. The molecular weight excluding hydrogens is 166 g/mol. The molecule has 0 aromatic rings. The number of rotatable bonds is 4. The summed E-state index contributed by atoms with van der Waals surface area (Å²) in [4.78, 5) is 9.65. The zero-order valence-corrected chi connectivity index (χ0v) is 9.59. The van der Waals surface area contributed by atoms with Gasteiger partial charge >= 0.3 is 0 Å². The molecule has 0 bridgehead atoms. The van der Waals surface area contributed by atoms with Gasteiger partial charge in [-0.15, -0.1) is 0 Å². The largest absolute Gasteiger partial charge is 0.550 e. The average molecular weight is 189 g/mol. The van der Waals surface area contributed by atoms with Gasteiger partial charge in [-0.05, 0) is 19.8 Å². The van der Waals surface area contributed by atoms with E-state index in [1.165, 1.54) is 6.54 Å². The summed E-state index contributed by atoms with van der Waals surface area (Å²) in [6.45, 7) is 5.34. The quantitative estimate of drug-likeness (QED) is 0.609. The fourth-order valence-corrected chi connectivity index (χ4v) is 0.321. The lowest BCUT2D eigenvalue weighted by atomic mass is 10.3. The number of carboxylic acid groups (broad SMARTS) is 1. The van der Waals surface area contributed by atoms with Gasteiger partial charge in [0.25, 0.3) is 0 Å². The smallest absolute Gasteiger partial charge is 0.0751 e. The van der Waals surface area contributed by atoms with Gasteiger partial charge in [-0.25, -0.2) is 0 Å². The van der Waals surface area contributed by atoms with Gasteiger partial charge < -0.3 is 14.4 Å². The number of nitrogens with zero attached hydrogens (tertiary/aromatic N) is 1. The Morgan fingerprint density at radius 1 is 1.23 bits per heavy atom. The van der Waals surface area contributed by atoms with E-state index in [0.29, 0.717) is 0 Å². The van der Waals surface area contributed by atoms with Crippen molar-refractivity contribution < 1.29 is 14.4 Å². The van der Waals surface area contributed by atoms with E-state index >= 15 is 0 Å². The number of hydrogen-bond acceptors (Lipinski definition) is 2. The molecule has 0 aliphatic carbocycles. The first-order chi connectivity index (χ1) is 5.83. The average Bonchev–Trinajstić information content (AvgIpc) is 2.01. The van der Waals surface area contributed by atoms with Crippen molar-refractivity contribution in [1.29, 1.82) is 0 Å². The zero-order valence-electron chi connectivity index (χ0n) is 9.59. The van der Waals surface area contributed by atoms with Crippen LogP contribution in [0.1, 0.15) is 33.1 Å². The lowest BCUT2D eigenvalue weighted by molar-refractivity contribution is -0.868. The van der Waals surface area contributed by atoms with Crippen LogP contribution in [-0.2, 0) is 4.79 Å². The second-order valence-corrected chi connectivity index (χ2v) is 4.08. The molecule has 0 saturated carbocycles. The van der Waals surface area contributed by atoms with E-state index in [2.05, 4.69) is 28.1 Å². The van der Waals surface area contributed by atoms with Crippen molar-refractivity contribution in [2.24, 2.45) is 0 Å². The third-order valence-corrected chi connectivity index (χ3v) is 1.68. The highest BCUT2D eigenvalue weighted by Crippen LogP contribution is 1.89. The molecule has 0 N–H and O–H groups in total. The van der Waals surface area contributed by atoms with Crippen LogP contribution in [-0.4, -0.2) is 38.1 Å². The van der Waals surface area contributed by atoms with E-state index in [-0.39, 0.29) is 6.42 Å². The van der Waals surface area contributed by atoms with Gasteiger partial charge in [0.15, 0.2) is 0 Å². The Hall–Kier alpha value is -0.570. The maximum Gasteiger partial charge on any atom is 0.0751 e. The molecule has 0 spiro atoms. The molecule has 80 valence electrons. The monoisotopic (exact) mass is 189 g/mol. The van der Waals surface area contributed by atoms with Gasteiger partial charge in [0.2, 0.25) is 0 Å². The molecule has 13 heavy (non-hydrogen) atoms. The van der Waals surface area contributed by atoms with Crippen molar-refractivity contribution in [3.05, 3.63) is 0 Å². The minimum atomic E-state index is -0.943. The molecule has 3 nitrogen and oxygen atoms in total. The van der Waals surface area contributed by atoms with E-state index in [9.17, 15) is 9.90 Å². The molecule has 0 atom stereocenters. The van der Waals surface area contributed by atoms with Crippen molar-refractivity contribution in [1.82, 2.24) is 0 Å². The Morgan fingerprint density at radius 2 is 1.62 bits per heavy atom. The summed E-state index contributed by atoms with van der Waals surface area (Å²) in [6, 6.07) is 0. The molecule has 0 saturated heterocycles. The molecule has 0 aliphatic rings. The first-order valence-electron chi connectivity index (χ1n) is 4.83. The highest BCUT2D eigenvalue weighted by Gasteiger charge is 1.97. The summed E-state index contributed by atoms with van der Waals surface area (Å²) < 4.78 is 1.07. The van der Waals surface area contributed by atoms with Crippen LogP contribution in [0.5, 0.6) is 0 Å². The van der Waals surface area contributed by atoms with Gasteiger partial charge in [0.05, 0.1) is 27.7 Å². The van der Waals surface area contributed by atoms with Gasteiger partial charge in [0, 0.05) is 5.97 Å². The standard InChI is InChI=1S/C5H14N.C5H10O2/c1-5-6(2,3)4;1-2-3-4-5(6)7/h5H2,1-4H3;2-4H2,1H3,(H,6,7)/q+1;/p-1. The van der Waals surface area contributed by atoms with E-state index in [1.54, 1.807) is 0 Å². The number of unbranched alkanes of at least 4 members (excludes halogenated alkanes) is 1. The minimum absolute atomic E-state index is 0.205. The number of aliphatic carboxylic acids is 1. The van der Waals surface area contributed by atoms with Crippen LogP contribution in [0.4, 0.5) is 0 Å². The van der Waals surface area contributed by atoms with Crippen LogP contribution in [0.15, 0.2) is 0 Å². The molecule has 0 heterocycles. The molecule has 0 fully saturated rings. The summed E-state index contributed by atoms with van der Waals surface area (Å²) in [5, 5.41) is 9.65. The molecule has 0 unspecified atom stereocenters. The summed E-state index contributed by atoms with van der Waals surface area (Å²) in [5.41, 5.74) is 0. The fourth-order valence-electron chi connectivity index (χ4n) is 0.321. The summed E-state index contributed by atoms with van der Waals surface area (Å²) in [6.07, 6.45) is 1.87. The second kappa shape index (κ2) is 8.05. The van der Waals surface area contributed by atoms with Gasteiger partial charge in [-0.3, -0.25) is 0 Å². The maximum atomic E-state index is 9.65. The molecule has 0 aromatic heterocycles. The highest BCUT2D eigenvalue weighted by atomic mass is 16.4. The third-order valence-electron chi connectivity index (χ3n) is 1.68. The first kappa shape index (κ1) is 14.9. The van der Waals surface area contributed by atoms with Crippen LogP contribution < -0.4 is 5.11 Å². The summed E-state index contributed by atoms with van der Waals surface area (Å²) >= 11 is 0. The van der Waals surface area contributed by atoms with Crippen molar-refractivity contribution in [3.63, 3.8) is 0 Å². The maximum absolute atomic E-state index is 9.65. The Labute approximate surface area is 82.0 Å². The molecule has 0 aliphatic heterocycles. The minimum Gasteiger partial charge on any atom is -0.550 e. The van der Waals surface area contributed by atoms with Crippen molar-refractivity contribution >= 4 is 5.97 Å². The van der Waals surface area contributed by atoms with Crippen molar-refractivity contribution in [2.75, 3.05) is 27.7 Å². The van der Waals surface area contributed by atoms with Crippen LogP contribution in [0.3, 0.4) is 0 Å². The van der Waals surface area contributed by atoms with E-state index in [0.717, 1.165) is 17.3 Å². The lowest BCUT2D eigenvalue weighted by Gasteiger charge is -2.20. The van der Waals surface area contributed by atoms with Gasteiger partial charge in [-0.1, -0.05) is 13.3 Å². The molecule has 0 radical (unpaired) electrons. The SMILES string of the molecule is CCCCC(=O)[O-].CC[N+](C)(C)C. The molecule has 0 amide bonds. The molecule has 0 aromatic carbocycles. The summed E-state index contributed by atoms with van der Waals surface area (Å²) in [5.74, 6) is -0.943. The third kappa shape index (κ3) is 24.6. The second-order valence-electron chi connectivity index (χ2n) is 4.08. The predicted octanol–water partition coefficient (Wildman–Crippen LogP) is 0.639. The normalized spacial score (nSPS) is 10.2. The Balaban J connectivity index is 0. The Bertz CT molecular complexity index is 127. The first-order valence-corrected chi connectivity index (χ1v) is 4.83. The van der Waals surface area contributed by atoms with Gasteiger partial charge in [0.1, 0.15) is 0 Å².